The number of rotatable bonds is 0. The van der Waals surface area contributed by atoms with Crippen molar-refractivity contribution in [3.63, 3.8) is 0 Å². The van der Waals surface area contributed by atoms with E-state index in [0.717, 1.165) is 5.92 Å². The largest absolute Gasteiger partial charge is 0.0871 e. The Kier molecular flexibility index (Phi) is 2.26. The summed E-state index contributed by atoms with van der Waals surface area (Å²) in [6.45, 7) is 7.28. The lowest BCUT2D eigenvalue weighted by atomic mass is 9.52. The molecule has 17 heavy (non-hydrogen) atoms. The van der Waals surface area contributed by atoms with E-state index in [4.69, 9.17) is 0 Å². The standard InChI is InChI=1S/C17H22/c1-16(2)11-6-12-17(3)14-8-5-4-7-13(14)9-10-15(16)17/h4-8,11,15H,9-10,12H2,1-3H3/t15-,17+/m0/s1. The molecule has 2 aliphatic rings. The molecule has 0 heterocycles. The summed E-state index contributed by atoms with van der Waals surface area (Å²) in [6, 6.07) is 9.07. The zero-order valence-corrected chi connectivity index (χ0v) is 11.2. The molecular formula is C17H22. The Morgan fingerprint density at radius 2 is 1.88 bits per heavy atom. The van der Waals surface area contributed by atoms with E-state index in [-0.39, 0.29) is 0 Å². The minimum Gasteiger partial charge on any atom is -0.0871 e. The normalized spacial score (nSPS) is 33.9. The summed E-state index contributed by atoms with van der Waals surface area (Å²) in [5, 5.41) is 0. The van der Waals surface area contributed by atoms with Crippen LogP contribution in [0.4, 0.5) is 0 Å². The van der Waals surface area contributed by atoms with Crippen LogP contribution in [-0.2, 0) is 11.8 Å². The maximum atomic E-state index is 2.47. The molecule has 3 rings (SSSR count). The maximum absolute atomic E-state index is 2.47. The molecule has 0 aliphatic heterocycles. The molecule has 0 radical (unpaired) electrons. The van der Waals surface area contributed by atoms with Crippen molar-refractivity contribution in [3.05, 3.63) is 47.5 Å². The molecule has 90 valence electrons. The molecule has 0 aromatic heterocycles. The summed E-state index contributed by atoms with van der Waals surface area (Å²) in [6.07, 6.45) is 8.64. The summed E-state index contributed by atoms with van der Waals surface area (Å²) >= 11 is 0. The summed E-state index contributed by atoms with van der Waals surface area (Å²) in [7, 11) is 0. The predicted molar refractivity (Wildman–Crippen MR) is 73.1 cm³/mol. The van der Waals surface area contributed by atoms with Crippen molar-refractivity contribution >= 4 is 0 Å². The average molecular weight is 226 g/mol. The van der Waals surface area contributed by atoms with Crippen LogP contribution in [0.5, 0.6) is 0 Å². The number of benzene rings is 1. The van der Waals surface area contributed by atoms with Crippen molar-refractivity contribution in [1.29, 1.82) is 0 Å². The van der Waals surface area contributed by atoms with Gasteiger partial charge in [0.15, 0.2) is 0 Å². The summed E-state index contributed by atoms with van der Waals surface area (Å²) < 4.78 is 0. The van der Waals surface area contributed by atoms with Crippen LogP contribution in [0.2, 0.25) is 0 Å². The summed E-state index contributed by atoms with van der Waals surface area (Å²) in [5.74, 6) is 0.787. The highest BCUT2D eigenvalue weighted by Crippen LogP contribution is 2.54. The van der Waals surface area contributed by atoms with E-state index in [1.807, 2.05) is 0 Å². The monoisotopic (exact) mass is 226 g/mol. The fourth-order valence-corrected chi connectivity index (χ4v) is 4.27. The smallest absolute Gasteiger partial charge is 0.000171 e. The van der Waals surface area contributed by atoms with Crippen LogP contribution in [0, 0.1) is 11.3 Å². The first kappa shape index (κ1) is 11.1. The van der Waals surface area contributed by atoms with Crippen LogP contribution in [0.25, 0.3) is 0 Å². The Hall–Kier alpha value is -1.04. The molecule has 0 N–H and O–H groups in total. The quantitative estimate of drug-likeness (QED) is 0.572. The van der Waals surface area contributed by atoms with Gasteiger partial charge in [0.2, 0.25) is 0 Å². The van der Waals surface area contributed by atoms with E-state index in [1.54, 1.807) is 11.1 Å². The van der Waals surface area contributed by atoms with Gasteiger partial charge in [-0.25, -0.2) is 0 Å². The number of allylic oxidation sites excluding steroid dienone is 2. The Balaban J connectivity index is 2.16. The Morgan fingerprint density at radius 3 is 2.71 bits per heavy atom. The number of aryl methyl sites for hydroxylation is 1. The zero-order chi connectivity index (χ0) is 12.1. The minimum absolute atomic E-state index is 0.348. The highest BCUT2D eigenvalue weighted by molar-refractivity contribution is 5.40. The Labute approximate surface area is 105 Å². The van der Waals surface area contributed by atoms with Crippen molar-refractivity contribution in [3.8, 4) is 0 Å². The van der Waals surface area contributed by atoms with Gasteiger partial charge in [-0.3, -0.25) is 0 Å². The number of hydrogen-bond acceptors (Lipinski definition) is 0. The van der Waals surface area contributed by atoms with E-state index in [9.17, 15) is 0 Å². The third-order valence-electron chi connectivity index (χ3n) is 5.09. The SMILES string of the molecule is CC1(C)C=CC[C@]2(C)c3ccccc3CC[C@@H]12. The fraction of sp³-hybridized carbons (Fsp3) is 0.529. The maximum Gasteiger partial charge on any atom is -0.000171 e. The lowest BCUT2D eigenvalue weighted by Gasteiger charge is -2.51. The van der Waals surface area contributed by atoms with Crippen molar-refractivity contribution in [1.82, 2.24) is 0 Å². The third-order valence-corrected chi connectivity index (χ3v) is 5.09. The highest BCUT2D eigenvalue weighted by atomic mass is 14.5. The average Bonchev–Trinajstić information content (AvgIpc) is 2.28. The Bertz CT molecular complexity index is 467. The highest BCUT2D eigenvalue weighted by Gasteiger charge is 2.47. The van der Waals surface area contributed by atoms with Crippen LogP contribution >= 0.6 is 0 Å². The van der Waals surface area contributed by atoms with Gasteiger partial charge >= 0.3 is 0 Å². The van der Waals surface area contributed by atoms with E-state index in [0.29, 0.717) is 10.8 Å². The molecular weight excluding hydrogens is 204 g/mol. The number of hydrogen-bond donors (Lipinski definition) is 0. The Morgan fingerprint density at radius 1 is 1.12 bits per heavy atom. The van der Waals surface area contributed by atoms with Crippen molar-refractivity contribution in [2.24, 2.45) is 11.3 Å². The molecule has 0 nitrogen and oxygen atoms in total. The van der Waals surface area contributed by atoms with E-state index < -0.39 is 0 Å². The second-order valence-electron chi connectivity index (χ2n) is 6.59. The molecule has 1 aromatic rings. The van der Waals surface area contributed by atoms with Gasteiger partial charge in [-0.1, -0.05) is 57.2 Å². The van der Waals surface area contributed by atoms with Gasteiger partial charge in [-0.15, -0.1) is 0 Å². The molecule has 0 amide bonds. The van der Waals surface area contributed by atoms with E-state index in [2.05, 4.69) is 57.2 Å². The summed E-state index contributed by atoms with van der Waals surface area (Å²) in [5.41, 5.74) is 3.89. The molecule has 2 aliphatic carbocycles. The molecule has 0 unspecified atom stereocenters. The number of fused-ring (bicyclic) bond motifs is 3. The second kappa shape index (κ2) is 3.48. The first-order valence-electron chi connectivity index (χ1n) is 6.80. The van der Waals surface area contributed by atoms with Gasteiger partial charge in [-0.05, 0) is 47.1 Å². The predicted octanol–water partition coefficient (Wildman–Crippen LogP) is 4.49. The first-order valence-corrected chi connectivity index (χ1v) is 6.80. The lowest BCUT2D eigenvalue weighted by molar-refractivity contribution is 0.125. The van der Waals surface area contributed by atoms with Crippen LogP contribution < -0.4 is 0 Å². The second-order valence-corrected chi connectivity index (χ2v) is 6.59. The van der Waals surface area contributed by atoms with E-state index >= 15 is 0 Å². The zero-order valence-electron chi connectivity index (χ0n) is 11.2. The van der Waals surface area contributed by atoms with Crippen LogP contribution in [0.1, 0.15) is 44.7 Å². The van der Waals surface area contributed by atoms with E-state index in [1.165, 1.54) is 19.3 Å². The molecule has 0 bridgehead atoms. The van der Waals surface area contributed by atoms with Crippen molar-refractivity contribution in [2.75, 3.05) is 0 Å². The van der Waals surface area contributed by atoms with Crippen LogP contribution in [0.3, 0.4) is 0 Å². The third kappa shape index (κ3) is 1.50. The van der Waals surface area contributed by atoms with Crippen molar-refractivity contribution in [2.45, 2.75) is 45.4 Å². The summed E-state index contributed by atoms with van der Waals surface area (Å²) in [4.78, 5) is 0. The van der Waals surface area contributed by atoms with Crippen molar-refractivity contribution < 1.29 is 0 Å². The molecule has 0 spiro atoms. The first-order chi connectivity index (χ1) is 8.04. The topological polar surface area (TPSA) is 0 Å². The van der Waals surface area contributed by atoms with Crippen LogP contribution in [-0.4, -0.2) is 0 Å². The molecule has 0 fully saturated rings. The molecule has 0 heteroatoms. The van der Waals surface area contributed by atoms with Gasteiger partial charge < -0.3 is 0 Å². The molecule has 0 saturated heterocycles. The molecule has 2 atom stereocenters. The van der Waals surface area contributed by atoms with Crippen LogP contribution in [0.15, 0.2) is 36.4 Å². The van der Waals surface area contributed by atoms with Gasteiger partial charge in [0, 0.05) is 0 Å². The van der Waals surface area contributed by atoms with Gasteiger partial charge in [0.25, 0.3) is 0 Å². The fourth-order valence-electron chi connectivity index (χ4n) is 4.27. The van der Waals surface area contributed by atoms with Gasteiger partial charge in [-0.2, -0.15) is 0 Å². The molecule has 0 saturated carbocycles. The van der Waals surface area contributed by atoms with Gasteiger partial charge in [0.05, 0.1) is 0 Å². The minimum atomic E-state index is 0.348. The lowest BCUT2D eigenvalue weighted by Crippen LogP contribution is -2.45. The molecule has 1 aromatic carbocycles. The van der Waals surface area contributed by atoms with Gasteiger partial charge in [0.1, 0.15) is 0 Å².